The molecule has 6 heteroatoms. The minimum absolute atomic E-state index is 0.221. The molecule has 0 spiro atoms. The number of alkyl carbamates (subject to hydrolysis) is 1. The maximum absolute atomic E-state index is 12.4. The third-order valence-corrected chi connectivity index (χ3v) is 4.52. The van der Waals surface area contributed by atoms with Gasteiger partial charge in [0.2, 0.25) is 0 Å². The normalized spacial score (nSPS) is 13.4. The molecule has 0 aliphatic carbocycles. The topological polar surface area (TPSA) is 71.6 Å². The molecule has 0 heterocycles. The highest BCUT2D eigenvalue weighted by atomic mass is 16.5. The van der Waals surface area contributed by atoms with E-state index in [9.17, 15) is 4.79 Å². The minimum atomic E-state index is -0.481. The predicted octanol–water partition coefficient (Wildman–Crippen LogP) is 5.48. The largest absolute Gasteiger partial charge is 0.497 e. The fraction of sp³-hybridized carbons (Fsp3) is 0.400. The Morgan fingerprint density at radius 2 is 1.77 bits per heavy atom. The second-order valence-electron chi connectivity index (χ2n) is 7.05. The summed E-state index contributed by atoms with van der Waals surface area (Å²) in [6.45, 7) is 8.38. The zero-order valence-electron chi connectivity index (χ0n) is 19.7. The van der Waals surface area contributed by atoms with Crippen LogP contribution < -0.4 is 16.2 Å². The summed E-state index contributed by atoms with van der Waals surface area (Å²) < 4.78 is 10.9. The molecule has 1 amide bonds. The number of allylic oxidation sites excluding steroid dienone is 6. The first-order valence-electron chi connectivity index (χ1n) is 10.7. The fourth-order valence-electron chi connectivity index (χ4n) is 2.97. The number of benzene rings is 1. The SMILES string of the molecule is CC/C=C(C)/C(=C\C=C(C)\C(NNC)=C(\CCC)NC(=O)OCc1ccccc1)OC. The Hall–Kier alpha value is -2.99. The van der Waals surface area contributed by atoms with Crippen molar-refractivity contribution in [1.82, 2.24) is 16.2 Å². The molecule has 0 atom stereocenters. The average Bonchev–Trinajstić information content (AvgIpc) is 2.77. The van der Waals surface area contributed by atoms with Gasteiger partial charge in [0.05, 0.1) is 12.8 Å². The quantitative estimate of drug-likeness (QED) is 0.234. The molecule has 0 aliphatic heterocycles. The first kappa shape index (κ1) is 26.0. The van der Waals surface area contributed by atoms with E-state index in [1.165, 1.54) is 0 Å². The molecule has 0 aromatic heterocycles. The highest BCUT2D eigenvalue weighted by molar-refractivity contribution is 5.70. The number of carbonyl (C=O) groups is 1. The molecule has 31 heavy (non-hydrogen) atoms. The molecule has 0 saturated heterocycles. The summed E-state index contributed by atoms with van der Waals surface area (Å²) in [5, 5.41) is 2.91. The Morgan fingerprint density at radius 1 is 1.06 bits per heavy atom. The van der Waals surface area contributed by atoms with Crippen LogP contribution in [0.4, 0.5) is 4.79 Å². The van der Waals surface area contributed by atoms with Gasteiger partial charge in [-0.1, -0.05) is 62.8 Å². The molecule has 0 fully saturated rings. The summed E-state index contributed by atoms with van der Waals surface area (Å²) in [7, 11) is 3.45. The van der Waals surface area contributed by atoms with Crippen LogP contribution in [0.2, 0.25) is 0 Å². The van der Waals surface area contributed by atoms with E-state index >= 15 is 0 Å². The van der Waals surface area contributed by atoms with Gasteiger partial charge < -0.3 is 14.9 Å². The van der Waals surface area contributed by atoms with Crippen molar-refractivity contribution in [1.29, 1.82) is 0 Å². The number of nitrogens with one attached hydrogen (secondary N) is 3. The third kappa shape index (κ3) is 9.57. The number of carbonyl (C=O) groups excluding carboxylic acids is 1. The lowest BCUT2D eigenvalue weighted by Crippen LogP contribution is -2.33. The van der Waals surface area contributed by atoms with Crippen molar-refractivity contribution in [3.05, 3.63) is 82.4 Å². The van der Waals surface area contributed by atoms with Crippen molar-refractivity contribution < 1.29 is 14.3 Å². The van der Waals surface area contributed by atoms with Crippen molar-refractivity contribution in [2.45, 2.75) is 53.6 Å². The summed E-state index contributed by atoms with van der Waals surface area (Å²) in [6, 6.07) is 9.61. The van der Waals surface area contributed by atoms with Gasteiger partial charge in [-0.2, -0.15) is 0 Å². The molecule has 170 valence electrons. The van der Waals surface area contributed by atoms with Gasteiger partial charge in [0, 0.05) is 12.7 Å². The highest BCUT2D eigenvalue weighted by Gasteiger charge is 2.13. The van der Waals surface area contributed by atoms with E-state index in [0.717, 1.165) is 46.7 Å². The van der Waals surface area contributed by atoms with Crippen LogP contribution in [0.25, 0.3) is 0 Å². The molecule has 0 aliphatic rings. The van der Waals surface area contributed by atoms with Crippen LogP contribution in [-0.2, 0) is 16.1 Å². The smallest absolute Gasteiger partial charge is 0.411 e. The zero-order chi connectivity index (χ0) is 23.1. The maximum atomic E-state index is 12.4. The minimum Gasteiger partial charge on any atom is -0.497 e. The molecule has 3 N–H and O–H groups in total. The van der Waals surface area contributed by atoms with Crippen LogP contribution in [0.3, 0.4) is 0 Å². The zero-order valence-corrected chi connectivity index (χ0v) is 19.7. The molecule has 0 saturated carbocycles. The van der Waals surface area contributed by atoms with E-state index in [0.29, 0.717) is 6.42 Å². The molecule has 0 radical (unpaired) electrons. The second kappa shape index (κ2) is 14.9. The van der Waals surface area contributed by atoms with Gasteiger partial charge in [0.15, 0.2) is 0 Å². The van der Waals surface area contributed by atoms with E-state index in [4.69, 9.17) is 9.47 Å². The van der Waals surface area contributed by atoms with E-state index in [1.54, 1.807) is 14.2 Å². The van der Waals surface area contributed by atoms with E-state index in [2.05, 4.69) is 36.1 Å². The van der Waals surface area contributed by atoms with E-state index in [1.807, 2.05) is 56.3 Å². The Morgan fingerprint density at radius 3 is 2.35 bits per heavy atom. The number of rotatable bonds is 12. The van der Waals surface area contributed by atoms with Crippen LogP contribution in [0, 0.1) is 0 Å². The van der Waals surface area contributed by atoms with Gasteiger partial charge in [-0.15, -0.1) is 0 Å². The Labute approximate surface area is 187 Å². The highest BCUT2D eigenvalue weighted by Crippen LogP contribution is 2.17. The van der Waals surface area contributed by atoms with Crippen molar-refractivity contribution in [2.24, 2.45) is 0 Å². The Balaban J connectivity index is 3.09. The molecular formula is C25H37N3O3. The van der Waals surface area contributed by atoms with E-state index in [-0.39, 0.29) is 6.61 Å². The third-order valence-electron chi connectivity index (χ3n) is 4.52. The van der Waals surface area contributed by atoms with Gasteiger partial charge in [-0.3, -0.25) is 5.32 Å². The molecule has 0 unspecified atom stereocenters. The maximum Gasteiger partial charge on any atom is 0.411 e. The summed E-state index contributed by atoms with van der Waals surface area (Å²) in [5.74, 6) is 0.803. The van der Waals surface area contributed by atoms with Gasteiger partial charge in [0.1, 0.15) is 12.4 Å². The van der Waals surface area contributed by atoms with Crippen molar-refractivity contribution in [2.75, 3.05) is 14.2 Å². The first-order valence-corrected chi connectivity index (χ1v) is 10.7. The lowest BCUT2D eigenvalue weighted by Gasteiger charge is -2.18. The number of hydrogen-bond acceptors (Lipinski definition) is 5. The number of amides is 1. The number of methoxy groups -OCH3 is 1. The van der Waals surface area contributed by atoms with Crippen LogP contribution in [-0.4, -0.2) is 20.3 Å². The van der Waals surface area contributed by atoms with Gasteiger partial charge in [-0.25, -0.2) is 10.2 Å². The van der Waals surface area contributed by atoms with Crippen LogP contribution in [0.1, 0.15) is 52.5 Å². The number of hydrazine groups is 1. The standard InChI is InChI=1S/C25H37N3O3/c1-7-12-19(3)23(30-6)17-16-20(4)24(28-26-5)22(13-8-2)27-25(29)31-18-21-14-10-9-11-15-21/h9-12,14-17,26,28H,7-8,13,18H2,1-6H3,(H,27,29)/b19-12+,20-16+,23-17+,24-22+. The molecule has 6 nitrogen and oxygen atoms in total. The monoisotopic (exact) mass is 427 g/mol. The van der Waals surface area contributed by atoms with Crippen LogP contribution >= 0.6 is 0 Å². The number of ether oxygens (including phenoxy) is 2. The Kier molecular flexibility index (Phi) is 12.5. The molecule has 0 bridgehead atoms. The fourth-order valence-corrected chi connectivity index (χ4v) is 2.97. The average molecular weight is 428 g/mol. The first-order chi connectivity index (χ1) is 15.0. The second-order valence-corrected chi connectivity index (χ2v) is 7.05. The molecule has 1 aromatic carbocycles. The number of hydrogen-bond donors (Lipinski definition) is 3. The predicted molar refractivity (Wildman–Crippen MR) is 127 cm³/mol. The molecule has 1 aromatic rings. The van der Waals surface area contributed by atoms with Gasteiger partial charge >= 0.3 is 6.09 Å². The summed E-state index contributed by atoms with van der Waals surface area (Å²) in [4.78, 5) is 12.4. The molecular weight excluding hydrogens is 390 g/mol. The van der Waals surface area contributed by atoms with E-state index < -0.39 is 6.09 Å². The van der Waals surface area contributed by atoms with Crippen molar-refractivity contribution in [3.8, 4) is 0 Å². The summed E-state index contributed by atoms with van der Waals surface area (Å²) in [5.41, 5.74) is 10.6. The van der Waals surface area contributed by atoms with Crippen LogP contribution in [0.5, 0.6) is 0 Å². The lowest BCUT2D eigenvalue weighted by atomic mass is 10.1. The summed E-state index contributed by atoms with van der Waals surface area (Å²) in [6.07, 6.45) is 8.04. The lowest BCUT2D eigenvalue weighted by molar-refractivity contribution is 0.142. The Bertz CT molecular complexity index is 809. The van der Waals surface area contributed by atoms with Crippen molar-refractivity contribution >= 4 is 6.09 Å². The van der Waals surface area contributed by atoms with Gasteiger partial charge in [-0.05, 0) is 49.5 Å². The summed E-state index contributed by atoms with van der Waals surface area (Å²) >= 11 is 0. The van der Waals surface area contributed by atoms with Crippen molar-refractivity contribution in [3.63, 3.8) is 0 Å². The van der Waals surface area contributed by atoms with Gasteiger partial charge in [0.25, 0.3) is 0 Å². The molecule has 1 rings (SSSR count). The van der Waals surface area contributed by atoms with Crippen LogP contribution in [0.15, 0.2) is 76.9 Å².